The molecule has 0 aromatic rings. The highest BCUT2D eigenvalue weighted by Gasteiger charge is 2.57. The van der Waals surface area contributed by atoms with Gasteiger partial charge in [0.05, 0.1) is 0 Å². The van der Waals surface area contributed by atoms with Gasteiger partial charge in [-0.2, -0.15) is 0 Å². The molecule has 1 aliphatic carbocycles. The van der Waals surface area contributed by atoms with Gasteiger partial charge in [0.15, 0.2) is 0 Å². The van der Waals surface area contributed by atoms with Crippen LogP contribution >= 0.6 is 0 Å². The lowest BCUT2D eigenvalue weighted by Crippen LogP contribution is -2.43. The Bertz CT molecular complexity index is 324. The first-order valence-electron chi connectivity index (χ1n) is 5.30. The number of dihydropyridines is 1. The molecule has 2 aliphatic heterocycles. The lowest BCUT2D eigenvalue weighted by Gasteiger charge is -2.33. The first-order valence-corrected chi connectivity index (χ1v) is 5.30. The van der Waals surface area contributed by atoms with Crippen LogP contribution in [0.4, 0.5) is 0 Å². The number of fused-ring (bicyclic) bond motifs is 1. The summed E-state index contributed by atoms with van der Waals surface area (Å²) >= 11 is 0. The topological polar surface area (TPSA) is 32.7 Å². The van der Waals surface area contributed by atoms with E-state index in [9.17, 15) is 4.79 Å². The summed E-state index contributed by atoms with van der Waals surface area (Å²) < 4.78 is 0. The van der Waals surface area contributed by atoms with Gasteiger partial charge >= 0.3 is 0 Å². The van der Waals surface area contributed by atoms with Crippen LogP contribution in [0.15, 0.2) is 17.1 Å². The second-order valence-electron chi connectivity index (χ2n) is 4.38. The summed E-state index contributed by atoms with van der Waals surface area (Å²) in [4.78, 5) is 18.1. The second kappa shape index (κ2) is 2.76. The van der Waals surface area contributed by atoms with Gasteiger partial charge in [-0.15, -0.1) is 0 Å². The van der Waals surface area contributed by atoms with E-state index in [1.807, 2.05) is 12.3 Å². The molecule has 0 aromatic heterocycles. The highest BCUT2D eigenvalue weighted by Crippen LogP contribution is 2.52. The number of piperidine rings is 1. The van der Waals surface area contributed by atoms with Crippen molar-refractivity contribution in [2.24, 2.45) is 10.9 Å². The van der Waals surface area contributed by atoms with Crippen molar-refractivity contribution in [1.82, 2.24) is 4.90 Å². The number of nitrogens with zero attached hydrogens (tertiary/aromatic N) is 2. The molecule has 3 rings (SSSR count). The van der Waals surface area contributed by atoms with Gasteiger partial charge in [0.25, 0.3) is 0 Å². The molecule has 2 fully saturated rings. The molecule has 74 valence electrons. The molecule has 0 amide bonds. The van der Waals surface area contributed by atoms with Crippen LogP contribution in [0.2, 0.25) is 0 Å². The smallest absolute Gasteiger partial charge is 0.135 e. The first kappa shape index (κ1) is 8.36. The molecule has 3 heteroatoms. The van der Waals surface area contributed by atoms with E-state index in [1.165, 1.54) is 0 Å². The predicted molar refractivity (Wildman–Crippen MR) is 54.3 cm³/mol. The van der Waals surface area contributed by atoms with Crippen LogP contribution in [-0.2, 0) is 4.79 Å². The Morgan fingerprint density at radius 2 is 2.21 bits per heavy atom. The number of Topliss-reactive ketones (excluding diaryl/α,β-unsaturated/α-hetero) is 1. The molecule has 14 heavy (non-hydrogen) atoms. The summed E-state index contributed by atoms with van der Waals surface area (Å²) in [5, 5.41) is 0. The summed E-state index contributed by atoms with van der Waals surface area (Å²) in [6.07, 6.45) is 8.75. The van der Waals surface area contributed by atoms with E-state index in [2.05, 4.69) is 16.0 Å². The van der Waals surface area contributed by atoms with Crippen LogP contribution in [0.1, 0.15) is 19.3 Å². The average molecular weight is 190 g/mol. The monoisotopic (exact) mass is 190 g/mol. The third-order valence-electron chi connectivity index (χ3n) is 3.55. The zero-order chi connectivity index (χ0) is 9.60. The molecule has 0 aromatic carbocycles. The highest BCUT2D eigenvalue weighted by molar-refractivity contribution is 5.79. The van der Waals surface area contributed by atoms with Crippen molar-refractivity contribution in [1.29, 1.82) is 0 Å². The van der Waals surface area contributed by atoms with Crippen LogP contribution in [0.3, 0.4) is 0 Å². The fourth-order valence-corrected chi connectivity index (χ4v) is 2.58. The summed E-state index contributed by atoms with van der Waals surface area (Å²) in [7, 11) is 0. The standard InChI is InChI=1S/C11H14N2O/c14-10-3-6-13(7-4-10)11-8-9(11)2-1-5-12-11/h1-2,5,9H,3-4,6-8H2. The maximum Gasteiger partial charge on any atom is 0.135 e. The van der Waals surface area contributed by atoms with Crippen LogP contribution in [0.5, 0.6) is 0 Å². The molecule has 0 N–H and O–H groups in total. The second-order valence-corrected chi connectivity index (χ2v) is 4.38. The Hall–Kier alpha value is -0.960. The predicted octanol–water partition coefficient (Wildman–Crippen LogP) is 1.01. The van der Waals surface area contributed by atoms with Crippen molar-refractivity contribution in [3.63, 3.8) is 0 Å². The minimum Gasteiger partial charge on any atom is -0.300 e. The summed E-state index contributed by atoms with van der Waals surface area (Å²) in [6.45, 7) is 1.81. The van der Waals surface area contributed by atoms with Crippen LogP contribution in [0, 0.1) is 5.92 Å². The molecular formula is C11H14N2O. The quantitative estimate of drug-likeness (QED) is 0.618. The average Bonchev–Trinajstić information content (AvgIpc) is 2.94. The number of likely N-dealkylation sites (tertiary alicyclic amines) is 1. The minimum atomic E-state index is 0.0649. The van der Waals surface area contributed by atoms with Crippen molar-refractivity contribution in [3.05, 3.63) is 12.2 Å². The Balaban J connectivity index is 1.75. The third-order valence-corrected chi connectivity index (χ3v) is 3.55. The lowest BCUT2D eigenvalue weighted by molar-refractivity contribution is -0.122. The van der Waals surface area contributed by atoms with Crippen molar-refractivity contribution in [3.8, 4) is 0 Å². The molecule has 1 saturated carbocycles. The van der Waals surface area contributed by atoms with E-state index >= 15 is 0 Å². The van der Waals surface area contributed by atoms with Crippen molar-refractivity contribution in [2.75, 3.05) is 13.1 Å². The van der Waals surface area contributed by atoms with E-state index < -0.39 is 0 Å². The van der Waals surface area contributed by atoms with E-state index in [1.54, 1.807) is 0 Å². The number of hydrogen-bond acceptors (Lipinski definition) is 3. The van der Waals surface area contributed by atoms with Crippen LogP contribution < -0.4 is 0 Å². The molecule has 0 bridgehead atoms. The highest BCUT2D eigenvalue weighted by atomic mass is 16.1. The molecule has 3 nitrogen and oxygen atoms in total. The molecule has 0 radical (unpaired) electrons. The maximum absolute atomic E-state index is 11.1. The van der Waals surface area contributed by atoms with Gasteiger partial charge < -0.3 is 0 Å². The van der Waals surface area contributed by atoms with E-state index in [0.29, 0.717) is 24.5 Å². The minimum absolute atomic E-state index is 0.0649. The van der Waals surface area contributed by atoms with Crippen LogP contribution in [-0.4, -0.2) is 35.7 Å². The zero-order valence-corrected chi connectivity index (χ0v) is 8.15. The first-order chi connectivity index (χ1) is 6.81. The van der Waals surface area contributed by atoms with Gasteiger partial charge in [0.1, 0.15) is 11.4 Å². The van der Waals surface area contributed by atoms with Crippen molar-refractivity contribution >= 4 is 12.0 Å². The number of carbonyl (C=O) groups is 1. The Morgan fingerprint density at radius 3 is 2.93 bits per heavy atom. The molecule has 2 atom stereocenters. The lowest BCUT2D eigenvalue weighted by atomic mass is 10.1. The molecule has 2 heterocycles. The van der Waals surface area contributed by atoms with Gasteiger partial charge in [0.2, 0.25) is 0 Å². The molecule has 3 aliphatic rings. The van der Waals surface area contributed by atoms with Gasteiger partial charge in [-0.25, -0.2) is 0 Å². The zero-order valence-electron chi connectivity index (χ0n) is 8.15. The molecule has 1 saturated heterocycles. The third kappa shape index (κ3) is 1.08. The van der Waals surface area contributed by atoms with E-state index in [0.717, 1.165) is 19.5 Å². The van der Waals surface area contributed by atoms with Crippen LogP contribution in [0.25, 0.3) is 0 Å². The fraction of sp³-hybridized carbons (Fsp3) is 0.636. The van der Waals surface area contributed by atoms with E-state index in [4.69, 9.17) is 0 Å². The van der Waals surface area contributed by atoms with Gasteiger partial charge in [-0.3, -0.25) is 14.7 Å². The Morgan fingerprint density at radius 1 is 1.43 bits per heavy atom. The molecular weight excluding hydrogens is 176 g/mol. The Kier molecular flexibility index (Phi) is 1.65. The molecule has 0 spiro atoms. The maximum atomic E-state index is 11.1. The number of hydrogen-bond donors (Lipinski definition) is 0. The number of carbonyl (C=O) groups excluding carboxylic acids is 1. The summed E-state index contributed by atoms with van der Waals surface area (Å²) in [5.74, 6) is 1.02. The van der Waals surface area contributed by atoms with Gasteiger partial charge in [-0.05, 0) is 12.5 Å². The molecule has 2 unspecified atom stereocenters. The SMILES string of the molecule is O=C1CCN(C23CC2C=CC=N3)CC1. The number of rotatable bonds is 1. The van der Waals surface area contributed by atoms with Crippen molar-refractivity contribution < 1.29 is 4.79 Å². The van der Waals surface area contributed by atoms with Crippen molar-refractivity contribution in [2.45, 2.75) is 24.9 Å². The normalized spacial score (nSPS) is 41.1. The Labute approximate surface area is 83.5 Å². The number of aliphatic imine (C=N–C) groups is 1. The largest absolute Gasteiger partial charge is 0.300 e. The number of allylic oxidation sites excluding steroid dienone is 1. The summed E-state index contributed by atoms with van der Waals surface area (Å²) in [5.41, 5.74) is 0.0649. The van der Waals surface area contributed by atoms with Gasteiger partial charge in [0, 0.05) is 38.1 Å². The fourth-order valence-electron chi connectivity index (χ4n) is 2.58. The van der Waals surface area contributed by atoms with E-state index in [-0.39, 0.29) is 5.66 Å². The number of ketones is 1. The van der Waals surface area contributed by atoms with Gasteiger partial charge in [-0.1, -0.05) is 6.08 Å². The summed E-state index contributed by atoms with van der Waals surface area (Å²) in [6, 6.07) is 0.